The number of benzene rings is 1. The van der Waals surface area contributed by atoms with Crippen molar-refractivity contribution in [3.8, 4) is 0 Å². The van der Waals surface area contributed by atoms with Crippen molar-refractivity contribution in [2.75, 3.05) is 10.7 Å². The van der Waals surface area contributed by atoms with E-state index < -0.39 is 10.8 Å². The van der Waals surface area contributed by atoms with Crippen LogP contribution in [0, 0.1) is 17.0 Å². The molecule has 8 nitrogen and oxygen atoms in total. The quantitative estimate of drug-likeness (QED) is 0.448. The number of aromatic nitrogens is 1. The fourth-order valence-corrected chi connectivity index (χ4v) is 1.69. The zero-order chi connectivity index (χ0) is 15.4. The summed E-state index contributed by atoms with van der Waals surface area (Å²) in [6.45, 7) is 1.86. The number of pyridine rings is 1. The van der Waals surface area contributed by atoms with Crippen LogP contribution >= 0.6 is 0 Å². The number of nitrogens with two attached hydrogens (primary N) is 1. The number of rotatable bonds is 4. The second-order valence-corrected chi connectivity index (χ2v) is 4.31. The fraction of sp³-hybridized carbons (Fsp3) is 0.0769. The first kappa shape index (κ1) is 14.4. The standard InChI is InChI=1S/C13H13N5O3/c1-8-2-5-12(15-7-8)16-13(19)10-6-9(17-14)3-4-11(10)18(20)21/h2-7,17H,14H2,1H3,(H,15,16,19). The van der Waals surface area contributed by atoms with Crippen LogP contribution in [0.3, 0.4) is 0 Å². The first-order valence-electron chi connectivity index (χ1n) is 6.00. The van der Waals surface area contributed by atoms with E-state index in [1.165, 1.54) is 18.2 Å². The minimum Gasteiger partial charge on any atom is -0.324 e. The number of hydrogen-bond donors (Lipinski definition) is 3. The summed E-state index contributed by atoms with van der Waals surface area (Å²) in [5.74, 6) is 4.93. The summed E-state index contributed by atoms with van der Waals surface area (Å²) in [4.78, 5) is 26.5. The minimum atomic E-state index is -0.629. The van der Waals surface area contributed by atoms with E-state index in [1.54, 1.807) is 18.3 Å². The van der Waals surface area contributed by atoms with Crippen LogP contribution in [0.15, 0.2) is 36.5 Å². The van der Waals surface area contributed by atoms with E-state index in [0.29, 0.717) is 11.5 Å². The zero-order valence-corrected chi connectivity index (χ0v) is 11.2. The lowest BCUT2D eigenvalue weighted by molar-refractivity contribution is -0.385. The number of amides is 1. The van der Waals surface area contributed by atoms with Crippen LogP contribution in [0.2, 0.25) is 0 Å². The molecular weight excluding hydrogens is 274 g/mol. The molecule has 4 N–H and O–H groups in total. The number of aryl methyl sites for hydroxylation is 1. The molecule has 1 aromatic heterocycles. The average Bonchev–Trinajstić information content (AvgIpc) is 2.48. The Balaban J connectivity index is 2.33. The van der Waals surface area contributed by atoms with Crippen molar-refractivity contribution in [2.24, 2.45) is 5.84 Å². The minimum absolute atomic E-state index is 0.0992. The van der Waals surface area contributed by atoms with Gasteiger partial charge in [-0.2, -0.15) is 0 Å². The van der Waals surface area contributed by atoms with Crippen LogP contribution < -0.4 is 16.6 Å². The summed E-state index contributed by atoms with van der Waals surface area (Å²) in [6, 6.07) is 7.33. The predicted molar refractivity (Wildman–Crippen MR) is 77.8 cm³/mol. The molecule has 0 aliphatic carbocycles. The molecule has 1 aromatic carbocycles. The molecule has 2 rings (SSSR count). The van der Waals surface area contributed by atoms with Crippen LogP contribution in [0.5, 0.6) is 0 Å². The molecule has 0 saturated heterocycles. The van der Waals surface area contributed by atoms with Gasteiger partial charge in [-0.1, -0.05) is 6.07 Å². The van der Waals surface area contributed by atoms with E-state index in [9.17, 15) is 14.9 Å². The third-order valence-electron chi connectivity index (χ3n) is 2.76. The summed E-state index contributed by atoms with van der Waals surface area (Å²) >= 11 is 0. The van der Waals surface area contributed by atoms with Gasteiger partial charge in [-0.25, -0.2) is 4.98 Å². The summed E-state index contributed by atoms with van der Waals surface area (Å²) < 4.78 is 0. The van der Waals surface area contributed by atoms with E-state index >= 15 is 0 Å². The first-order valence-corrected chi connectivity index (χ1v) is 6.00. The van der Waals surface area contributed by atoms with Gasteiger partial charge in [-0.3, -0.25) is 20.8 Å². The molecule has 0 unspecified atom stereocenters. The zero-order valence-electron chi connectivity index (χ0n) is 11.2. The van der Waals surface area contributed by atoms with Gasteiger partial charge in [0.05, 0.1) is 4.92 Å². The maximum absolute atomic E-state index is 12.2. The van der Waals surface area contributed by atoms with Crippen molar-refractivity contribution in [3.05, 3.63) is 57.8 Å². The summed E-state index contributed by atoms with van der Waals surface area (Å²) in [6.07, 6.45) is 1.59. The highest BCUT2D eigenvalue weighted by molar-refractivity contribution is 6.07. The van der Waals surface area contributed by atoms with Crippen molar-refractivity contribution < 1.29 is 9.72 Å². The van der Waals surface area contributed by atoms with Gasteiger partial charge in [-0.05, 0) is 30.7 Å². The first-order chi connectivity index (χ1) is 10.0. The molecule has 0 spiro atoms. The van der Waals surface area contributed by atoms with E-state index in [4.69, 9.17) is 5.84 Å². The number of carbonyl (C=O) groups excluding carboxylic acids is 1. The van der Waals surface area contributed by atoms with Gasteiger partial charge in [0.15, 0.2) is 0 Å². The fourth-order valence-electron chi connectivity index (χ4n) is 1.69. The molecule has 1 heterocycles. The predicted octanol–water partition coefficient (Wildman–Crippen LogP) is 1.84. The van der Waals surface area contributed by atoms with Crippen molar-refractivity contribution >= 4 is 23.1 Å². The molecule has 0 bridgehead atoms. The molecule has 21 heavy (non-hydrogen) atoms. The number of nitrogen functional groups attached to an aromatic ring is 1. The van der Waals surface area contributed by atoms with Crippen molar-refractivity contribution in [2.45, 2.75) is 6.92 Å². The van der Waals surface area contributed by atoms with Gasteiger partial charge >= 0.3 is 0 Å². The number of nitro benzene ring substituents is 1. The summed E-state index contributed by atoms with van der Waals surface area (Å²) in [5, 5.41) is 13.5. The van der Waals surface area contributed by atoms with Gasteiger partial charge in [0.2, 0.25) is 0 Å². The molecule has 108 valence electrons. The van der Waals surface area contributed by atoms with E-state index in [-0.39, 0.29) is 11.3 Å². The molecular formula is C13H13N5O3. The lowest BCUT2D eigenvalue weighted by Crippen LogP contribution is -2.16. The lowest BCUT2D eigenvalue weighted by Gasteiger charge is -2.07. The Hall–Kier alpha value is -3.00. The van der Waals surface area contributed by atoms with Crippen LogP contribution in [0.1, 0.15) is 15.9 Å². The van der Waals surface area contributed by atoms with E-state index in [2.05, 4.69) is 15.7 Å². The van der Waals surface area contributed by atoms with Crippen molar-refractivity contribution in [3.63, 3.8) is 0 Å². The molecule has 0 saturated carbocycles. The number of anilines is 2. The number of nitrogens with zero attached hydrogens (tertiary/aromatic N) is 2. The molecule has 0 atom stereocenters. The van der Waals surface area contributed by atoms with Crippen LogP contribution in [0.4, 0.5) is 17.2 Å². The molecule has 2 aromatic rings. The molecule has 8 heteroatoms. The number of nitrogens with one attached hydrogen (secondary N) is 2. The lowest BCUT2D eigenvalue weighted by atomic mass is 10.1. The number of carbonyl (C=O) groups is 1. The van der Waals surface area contributed by atoms with Crippen LogP contribution in [-0.2, 0) is 0 Å². The number of hydrogen-bond acceptors (Lipinski definition) is 6. The van der Waals surface area contributed by atoms with Crippen molar-refractivity contribution in [1.29, 1.82) is 0 Å². The second-order valence-electron chi connectivity index (χ2n) is 4.31. The van der Waals surface area contributed by atoms with Gasteiger partial charge in [-0.15, -0.1) is 0 Å². The van der Waals surface area contributed by atoms with Crippen molar-refractivity contribution in [1.82, 2.24) is 4.98 Å². The second kappa shape index (κ2) is 5.97. The Morgan fingerprint density at radius 2 is 2.10 bits per heavy atom. The maximum atomic E-state index is 12.2. The molecule has 0 radical (unpaired) electrons. The Labute approximate surface area is 120 Å². The SMILES string of the molecule is Cc1ccc(NC(=O)c2cc(NN)ccc2[N+](=O)[O-])nc1. The van der Waals surface area contributed by atoms with Crippen LogP contribution in [-0.4, -0.2) is 15.8 Å². The highest BCUT2D eigenvalue weighted by atomic mass is 16.6. The molecule has 0 aliphatic heterocycles. The Morgan fingerprint density at radius 3 is 2.67 bits per heavy atom. The molecule has 1 amide bonds. The third kappa shape index (κ3) is 3.31. The molecule has 0 fully saturated rings. The highest BCUT2D eigenvalue weighted by Crippen LogP contribution is 2.23. The molecule has 0 aliphatic rings. The Kier molecular flexibility index (Phi) is 4.10. The van der Waals surface area contributed by atoms with Gasteiger partial charge in [0.25, 0.3) is 11.6 Å². The van der Waals surface area contributed by atoms with Gasteiger partial charge in [0, 0.05) is 18.0 Å². The normalized spacial score (nSPS) is 10.0. The van der Waals surface area contributed by atoms with Crippen LogP contribution in [0.25, 0.3) is 0 Å². The summed E-state index contributed by atoms with van der Waals surface area (Å²) in [7, 11) is 0. The smallest absolute Gasteiger partial charge is 0.282 e. The number of nitro groups is 1. The van der Waals surface area contributed by atoms with E-state index in [0.717, 1.165) is 5.56 Å². The maximum Gasteiger partial charge on any atom is 0.282 e. The Bertz CT molecular complexity index is 685. The third-order valence-corrected chi connectivity index (χ3v) is 2.76. The monoisotopic (exact) mass is 287 g/mol. The van der Waals surface area contributed by atoms with Gasteiger partial charge < -0.3 is 10.7 Å². The average molecular weight is 287 g/mol. The van der Waals surface area contributed by atoms with Gasteiger partial charge in [0.1, 0.15) is 11.4 Å². The highest BCUT2D eigenvalue weighted by Gasteiger charge is 2.21. The number of hydrazine groups is 1. The Morgan fingerprint density at radius 1 is 1.33 bits per heavy atom. The largest absolute Gasteiger partial charge is 0.324 e. The topological polar surface area (TPSA) is 123 Å². The summed E-state index contributed by atoms with van der Waals surface area (Å²) in [5.41, 5.74) is 3.26. The van der Waals surface area contributed by atoms with E-state index in [1.807, 2.05) is 6.92 Å².